The summed E-state index contributed by atoms with van der Waals surface area (Å²) in [5.74, 6) is -0.454. The number of alkyl halides is 6. The van der Waals surface area contributed by atoms with Crippen LogP contribution in [0.5, 0.6) is 0 Å². The monoisotopic (exact) mass is 670 g/mol. The number of aromatic nitrogens is 2. The number of thiophene rings is 1. The number of piperazine rings is 1. The van der Waals surface area contributed by atoms with E-state index < -0.39 is 72.0 Å². The summed E-state index contributed by atoms with van der Waals surface area (Å²) in [7, 11) is -8.19. The second-order valence-corrected chi connectivity index (χ2v) is 14.4. The van der Waals surface area contributed by atoms with Gasteiger partial charge in [0.05, 0.1) is 17.2 Å². The summed E-state index contributed by atoms with van der Waals surface area (Å²) in [6.07, 6.45) is -10.8. The van der Waals surface area contributed by atoms with Gasteiger partial charge in [0.15, 0.2) is 0 Å². The van der Waals surface area contributed by atoms with Crippen molar-refractivity contribution in [3.63, 3.8) is 0 Å². The van der Waals surface area contributed by atoms with Crippen molar-refractivity contribution in [1.82, 2.24) is 18.6 Å². The van der Waals surface area contributed by atoms with Crippen molar-refractivity contribution < 1.29 is 53.2 Å². The molecule has 0 aliphatic carbocycles. The third-order valence-electron chi connectivity index (χ3n) is 6.28. The van der Waals surface area contributed by atoms with Crippen LogP contribution in [0.3, 0.4) is 0 Å². The summed E-state index contributed by atoms with van der Waals surface area (Å²) in [4.78, 5) is 18.6. The van der Waals surface area contributed by atoms with Crippen LogP contribution in [-0.2, 0) is 25.6 Å². The van der Waals surface area contributed by atoms with Crippen LogP contribution in [0.4, 0.5) is 37.3 Å². The molecule has 2 aromatic heterocycles. The lowest BCUT2D eigenvalue weighted by molar-refractivity contribution is -0.380. The highest BCUT2D eigenvalue weighted by molar-refractivity contribution is 7.91. The lowest BCUT2D eigenvalue weighted by Gasteiger charge is -2.42. The summed E-state index contributed by atoms with van der Waals surface area (Å²) >= 11 is 0.393. The Morgan fingerprint density at radius 1 is 1.10 bits per heavy atom. The molecule has 42 heavy (non-hydrogen) atoms. The molecule has 1 fully saturated rings. The zero-order valence-electron chi connectivity index (χ0n) is 21.7. The van der Waals surface area contributed by atoms with Crippen molar-refractivity contribution in [1.29, 1.82) is 0 Å². The quantitative estimate of drug-likeness (QED) is 0.225. The first-order valence-electron chi connectivity index (χ1n) is 11.8. The highest BCUT2D eigenvalue weighted by Gasteiger charge is 2.71. The Bertz CT molecular complexity index is 1490. The molecule has 13 nitrogen and oxygen atoms in total. The Morgan fingerprint density at radius 2 is 1.67 bits per heavy atom. The van der Waals surface area contributed by atoms with Crippen molar-refractivity contribution in [2.75, 3.05) is 43.9 Å². The molecule has 1 saturated heterocycles. The van der Waals surface area contributed by atoms with Crippen molar-refractivity contribution in [2.45, 2.75) is 41.5 Å². The number of nitro groups is 1. The molecular weight excluding hydrogens is 646 g/mol. The largest absolute Gasteiger partial charge is 0.430 e. The van der Waals surface area contributed by atoms with Gasteiger partial charge in [-0.3, -0.25) is 10.1 Å². The Kier molecular flexibility index (Phi) is 9.50. The maximum Gasteiger partial charge on any atom is 0.430 e. The Labute approximate surface area is 239 Å². The topological polar surface area (TPSA) is 167 Å². The Hall–Kier alpha value is -2.66. The molecular formula is C20H24F6N6O7S3. The Balaban J connectivity index is 2.01. The van der Waals surface area contributed by atoms with Gasteiger partial charge in [0.2, 0.25) is 16.0 Å². The molecule has 3 rings (SSSR count). The van der Waals surface area contributed by atoms with Crippen LogP contribution >= 0.6 is 11.3 Å². The van der Waals surface area contributed by atoms with Gasteiger partial charge in [0.25, 0.3) is 15.6 Å². The van der Waals surface area contributed by atoms with Gasteiger partial charge in [-0.15, -0.1) is 0 Å². The van der Waals surface area contributed by atoms with Crippen molar-refractivity contribution in [2.24, 2.45) is 0 Å². The van der Waals surface area contributed by atoms with E-state index in [0.29, 0.717) is 17.8 Å². The zero-order chi connectivity index (χ0) is 31.9. The smallest absolute Gasteiger partial charge is 0.369 e. The van der Waals surface area contributed by atoms with Gasteiger partial charge < -0.3 is 10.0 Å². The maximum atomic E-state index is 13.3. The third-order valence-corrected chi connectivity index (χ3v) is 10.9. The van der Waals surface area contributed by atoms with Crippen molar-refractivity contribution in [3.8, 4) is 0 Å². The van der Waals surface area contributed by atoms with Gasteiger partial charge in [-0.1, -0.05) is 6.92 Å². The van der Waals surface area contributed by atoms with E-state index in [0.717, 1.165) is 27.0 Å². The van der Waals surface area contributed by atoms with E-state index in [4.69, 9.17) is 0 Å². The lowest BCUT2D eigenvalue weighted by Crippen LogP contribution is -2.59. The number of hydrogen-bond acceptors (Lipinski definition) is 11. The van der Waals surface area contributed by atoms with E-state index in [9.17, 15) is 58.4 Å². The number of nitrogens with zero attached hydrogens (tertiary/aromatic N) is 6. The van der Waals surface area contributed by atoms with Gasteiger partial charge >= 0.3 is 17.4 Å². The number of halogens is 6. The van der Waals surface area contributed by atoms with Crippen LogP contribution in [0.25, 0.3) is 0 Å². The minimum atomic E-state index is -6.17. The Morgan fingerprint density at radius 3 is 2.12 bits per heavy atom. The van der Waals surface area contributed by atoms with Gasteiger partial charge in [-0.05, 0) is 23.8 Å². The molecule has 0 radical (unpaired) electrons. The second kappa shape index (κ2) is 11.8. The van der Waals surface area contributed by atoms with E-state index in [1.54, 1.807) is 6.92 Å². The average Bonchev–Trinajstić information content (AvgIpc) is 3.38. The SMILES string of the molecule is CCCN(C[C@@H]1CN(S(=O)(=O)c2ccc([N+](=O)[O-])s2)CCN1c1ncc(C(O)(C(F)(F)F)C(F)(F)F)cn1)S(C)(=O)=O. The molecule has 0 bridgehead atoms. The minimum Gasteiger partial charge on any atom is -0.369 e. The summed E-state index contributed by atoms with van der Waals surface area (Å²) in [6, 6.07) is 0.930. The van der Waals surface area contributed by atoms with Crippen LogP contribution in [0.2, 0.25) is 0 Å². The fourth-order valence-corrected chi connectivity index (χ4v) is 7.85. The molecule has 1 aliphatic heterocycles. The van der Waals surface area contributed by atoms with Gasteiger partial charge in [-0.2, -0.15) is 30.6 Å². The lowest BCUT2D eigenvalue weighted by atomic mass is 9.95. The van der Waals surface area contributed by atoms with Gasteiger partial charge in [0.1, 0.15) is 4.21 Å². The van der Waals surface area contributed by atoms with E-state index in [-0.39, 0.29) is 42.8 Å². The molecule has 1 N–H and O–H groups in total. The van der Waals surface area contributed by atoms with Crippen molar-refractivity contribution in [3.05, 3.63) is 40.2 Å². The molecule has 236 valence electrons. The summed E-state index contributed by atoms with van der Waals surface area (Å²) < 4.78 is 133. The first-order chi connectivity index (χ1) is 19.1. The van der Waals surface area contributed by atoms with Gasteiger partial charge in [-0.25, -0.2) is 31.1 Å². The van der Waals surface area contributed by atoms with Crippen LogP contribution in [-0.4, -0.2) is 103 Å². The summed E-state index contributed by atoms with van der Waals surface area (Å²) in [5.41, 5.74) is -6.99. The summed E-state index contributed by atoms with van der Waals surface area (Å²) in [6.45, 7) is 0.243. The highest BCUT2D eigenvalue weighted by atomic mass is 32.2. The third kappa shape index (κ3) is 6.61. The highest BCUT2D eigenvalue weighted by Crippen LogP contribution is 2.49. The van der Waals surface area contributed by atoms with E-state index in [1.807, 2.05) is 0 Å². The number of hydrogen-bond donors (Lipinski definition) is 1. The average molecular weight is 671 g/mol. The molecule has 1 atom stereocenters. The number of rotatable bonds is 10. The molecule has 1 aliphatic rings. The number of aliphatic hydroxyl groups is 1. The molecule has 0 aromatic carbocycles. The molecule has 22 heteroatoms. The second-order valence-electron chi connectivity index (χ2n) is 9.16. The van der Waals surface area contributed by atoms with E-state index >= 15 is 0 Å². The van der Waals surface area contributed by atoms with Crippen LogP contribution in [0.1, 0.15) is 18.9 Å². The maximum absolute atomic E-state index is 13.3. The van der Waals surface area contributed by atoms with Crippen LogP contribution in [0, 0.1) is 10.1 Å². The standard InChI is InChI=1S/C20H24F6N6O7S3/c1-3-6-29(41(2,36)37)11-14-12-30(42(38,39)16-5-4-15(40-16)32(34)35)7-8-31(14)17-27-9-13(10-28-17)18(33,19(21,22)23)20(24,25)26/h4-5,9-10,14,33H,3,6-8,11-12H2,1-2H3/t14-/m1/s1. The molecule has 0 spiro atoms. The molecule has 0 amide bonds. The van der Waals surface area contributed by atoms with Crippen LogP contribution in [0.15, 0.2) is 28.7 Å². The zero-order valence-corrected chi connectivity index (χ0v) is 24.2. The molecule has 0 unspecified atom stereocenters. The summed E-state index contributed by atoms with van der Waals surface area (Å²) in [5, 5.41) is 20.2. The normalized spacial score (nSPS) is 18.0. The molecule has 2 aromatic rings. The number of anilines is 1. The van der Waals surface area contributed by atoms with E-state index in [1.165, 1.54) is 4.90 Å². The molecule has 0 saturated carbocycles. The predicted molar refractivity (Wildman–Crippen MR) is 136 cm³/mol. The van der Waals surface area contributed by atoms with Crippen LogP contribution < -0.4 is 4.90 Å². The number of sulfonamides is 2. The molecule has 3 heterocycles. The van der Waals surface area contributed by atoms with Crippen molar-refractivity contribution >= 4 is 42.3 Å². The van der Waals surface area contributed by atoms with E-state index in [2.05, 4.69) is 9.97 Å². The predicted octanol–water partition coefficient (Wildman–Crippen LogP) is 2.31. The minimum absolute atomic E-state index is 0.00294. The fourth-order valence-electron chi connectivity index (χ4n) is 4.16. The first-order valence-corrected chi connectivity index (χ1v) is 15.9. The van der Waals surface area contributed by atoms with Gasteiger partial charge in [0, 0.05) is 56.7 Å². The first kappa shape index (κ1) is 33.8. The fraction of sp³-hybridized carbons (Fsp3) is 0.600.